The minimum Gasteiger partial charge on any atom is -0.433 e. The molecule has 6 heteroatoms. The van der Waals surface area contributed by atoms with E-state index in [0.29, 0.717) is 16.8 Å². The number of nitrogens with one attached hydrogen (secondary N) is 2. The number of anilines is 1. The zero-order valence-corrected chi connectivity index (χ0v) is 9.77. The van der Waals surface area contributed by atoms with Crippen molar-refractivity contribution in [3.63, 3.8) is 0 Å². The first kappa shape index (κ1) is 12.0. The minimum atomic E-state index is -2.84. The van der Waals surface area contributed by atoms with Gasteiger partial charge in [0, 0.05) is 6.04 Å². The molecule has 0 spiro atoms. The summed E-state index contributed by atoms with van der Waals surface area (Å²) in [4.78, 5) is 0. The highest BCUT2D eigenvalue weighted by Gasteiger charge is 2.22. The van der Waals surface area contributed by atoms with Crippen LogP contribution in [0.4, 0.5) is 14.5 Å². The Balaban J connectivity index is 2.00. The molecule has 0 unspecified atom stereocenters. The molecule has 0 aliphatic heterocycles. The Morgan fingerprint density at radius 3 is 2.71 bits per heavy atom. The van der Waals surface area contributed by atoms with Crippen molar-refractivity contribution in [3.05, 3.63) is 24.3 Å². The Labute approximate surface area is 103 Å². The van der Waals surface area contributed by atoms with Gasteiger partial charge in [0.05, 0.1) is 5.69 Å². The number of ether oxygens (including phenoxy) is 1. The Kier molecular flexibility index (Phi) is 3.73. The summed E-state index contributed by atoms with van der Waals surface area (Å²) in [7, 11) is 0. The lowest BCUT2D eigenvalue weighted by molar-refractivity contribution is -0.0493. The van der Waals surface area contributed by atoms with Crippen LogP contribution in [0.5, 0.6) is 5.75 Å². The van der Waals surface area contributed by atoms with E-state index in [1.807, 2.05) is 0 Å². The van der Waals surface area contributed by atoms with Crippen LogP contribution in [-0.4, -0.2) is 17.8 Å². The lowest BCUT2D eigenvalue weighted by Gasteiger charge is -2.13. The van der Waals surface area contributed by atoms with E-state index in [9.17, 15) is 8.78 Å². The van der Waals surface area contributed by atoms with E-state index >= 15 is 0 Å². The smallest absolute Gasteiger partial charge is 0.387 e. The molecule has 0 atom stereocenters. The fourth-order valence-electron chi connectivity index (χ4n) is 1.34. The van der Waals surface area contributed by atoms with Gasteiger partial charge in [0.1, 0.15) is 5.75 Å². The van der Waals surface area contributed by atoms with Gasteiger partial charge in [-0.2, -0.15) is 8.78 Å². The third-order valence-corrected chi connectivity index (χ3v) is 2.48. The molecule has 0 saturated heterocycles. The van der Waals surface area contributed by atoms with Crippen molar-refractivity contribution in [1.29, 1.82) is 0 Å². The highest BCUT2D eigenvalue weighted by Crippen LogP contribution is 2.26. The van der Waals surface area contributed by atoms with E-state index in [0.717, 1.165) is 12.8 Å². The fourth-order valence-corrected chi connectivity index (χ4v) is 1.62. The Morgan fingerprint density at radius 2 is 2.06 bits per heavy atom. The zero-order chi connectivity index (χ0) is 12.3. The SMILES string of the molecule is FC(F)Oc1ccccc1NC(=S)NC1CC1. The molecule has 1 aliphatic rings. The third-order valence-electron chi connectivity index (χ3n) is 2.26. The highest BCUT2D eigenvalue weighted by molar-refractivity contribution is 7.80. The molecule has 0 amide bonds. The van der Waals surface area contributed by atoms with Crippen LogP contribution in [0.25, 0.3) is 0 Å². The molecule has 17 heavy (non-hydrogen) atoms. The molecule has 2 N–H and O–H groups in total. The predicted octanol–water partition coefficient (Wildman–Crippen LogP) is 2.74. The van der Waals surface area contributed by atoms with E-state index in [2.05, 4.69) is 15.4 Å². The van der Waals surface area contributed by atoms with Gasteiger partial charge in [-0.1, -0.05) is 12.1 Å². The predicted molar refractivity (Wildman–Crippen MR) is 65.5 cm³/mol. The molecular formula is C11H12F2N2OS. The number of hydrogen-bond acceptors (Lipinski definition) is 2. The van der Waals surface area contributed by atoms with Gasteiger partial charge in [-0.3, -0.25) is 0 Å². The molecule has 0 bridgehead atoms. The maximum Gasteiger partial charge on any atom is 0.387 e. The topological polar surface area (TPSA) is 33.3 Å². The van der Waals surface area contributed by atoms with Crippen LogP contribution in [0.3, 0.4) is 0 Å². The summed E-state index contributed by atoms with van der Waals surface area (Å²) in [6.45, 7) is -2.84. The van der Waals surface area contributed by atoms with Gasteiger partial charge >= 0.3 is 6.61 Å². The molecule has 1 aromatic rings. The zero-order valence-electron chi connectivity index (χ0n) is 8.95. The molecule has 0 radical (unpaired) electrons. The molecule has 2 rings (SSSR count). The van der Waals surface area contributed by atoms with E-state index in [1.54, 1.807) is 18.2 Å². The van der Waals surface area contributed by atoms with Crippen molar-refractivity contribution in [1.82, 2.24) is 5.32 Å². The van der Waals surface area contributed by atoms with Crippen molar-refractivity contribution in [3.8, 4) is 5.75 Å². The number of benzene rings is 1. The molecule has 92 valence electrons. The molecule has 1 aliphatic carbocycles. The largest absolute Gasteiger partial charge is 0.433 e. The number of rotatable bonds is 4. The summed E-state index contributed by atoms with van der Waals surface area (Å²) in [5.74, 6) is 0.0856. The summed E-state index contributed by atoms with van der Waals surface area (Å²) >= 11 is 5.06. The quantitative estimate of drug-likeness (QED) is 0.814. The van der Waals surface area contributed by atoms with Crippen LogP contribution in [0.15, 0.2) is 24.3 Å². The first-order valence-electron chi connectivity index (χ1n) is 5.26. The van der Waals surface area contributed by atoms with Gasteiger partial charge in [0.15, 0.2) is 5.11 Å². The number of alkyl halides is 2. The fraction of sp³-hybridized carbons (Fsp3) is 0.364. The third kappa shape index (κ3) is 3.81. The molecule has 1 aromatic carbocycles. The normalized spacial score (nSPS) is 14.5. The number of hydrogen-bond donors (Lipinski definition) is 2. The van der Waals surface area contributed by atoms with Crippen molar-refractivity contribution in [2.75, 3.05) is 5.32 Å². The molecule has 1 fully saturated rings. The van der Waals surface area contributed by atoms with Crippen molar-refractivity contribution < 1.29 is 13.5 Å². The second kappa shape index (κ2) is 5.27. The van der Waals surface area contributed by atoms with Gasteiger partial charge < -0.3 is 15.4 Å². The van der Waals surface area contributed by atoms with Crippen LogP contribution in [-0.2, 0) is 0 Å². The highest BCUT2D eigenvalue weighted by atomic mass is 32.1. The second-order valence-corrected chi connectivity index (χ2v) is 4.16. The van der Waals surface area contributed by atoms with Crippen LogP contribution >= 0.6 is 12.2 Å². The van der Waals surface area contributed by atoms with E-state index < -0.39 is 6.61 Å². The Bertz CT molecular complexity index is 410. The summed E-state index contributed by atoms with van der Waals surface area (Å²) in [6, 6.07) is 6.87. The van der Waals surface area contributed by atoms with Gasteiger partial charge in [-0.25, -0.2) is 0 Å². The molecular weight excluding hydrogens is 246 g/mol. The van der Waals surface area contributed by atoms with Crippen LogP contribution in [0, 0.1) is 0 Å². The van der Waals surface area contributed by atoms with Gasteiger partial charge in [-0.15, -0.1) is 0 Å². The van der Waals surface area contributed by atoms with Crippen LogP contribution < -0.4 is 15.4 Å². The minimum absolute atomic E-state index is 0.0856. The summed E-state index contributed by atoms with van der Waals surface area (Å²) < 4.78 is 28.7. The van der Waals surface area contributed by atoms with Crippen molar-refractivity contribution >= 4 is 23.0 Å². The molecule has 1 saturated carbocycles. The maximum absolute atomic E-state index is 12.2. The lowest BCUT2D eigenvalue weighted by atomic mass is 10.3. The van der Waals surface area contributed by atoms with Crippen molar-refractivity contribution in [2.45, 2.75) is 25.5 Å². The molecule has 0 heterocycles. The Morgan fingerprint density at radius 1 is 1.35 bits per heavy atom. The van der Waals surface area contributed by atoms with Gasteiger partial charge in [0.25, 0.3) is 0 Å². The number of para-hydroxylation sites is 2. The average molecular weight is 258 g/mol. The number of thiocarbonyl (C=S) groups is 1. The standard InChI is InChI=1S/C11H12F2N2OS/c12-10(13)16-9-4-2-1-3-8(9)15-11(17)14-7-5-6-7/h1-4,7,10H,5-6H2,(H2,14,15,17). The summed E-state index contributed by atoms with van der Waals surface area (Å²) in [6.07, 6.45) is 2.19. The molecule has 0 aromatic heterocycles. The maximum atomic E-state index is 12.2. The first-order chi connectivity index (χ1) is 8.15. The summed E-state index contributed by atoms with van der Waals surface area (Å²) in [5.41, 5.74) is 0.436. The van der Waals surface area contributed by atoms with Gasteiger partial charge in [0.2, 0.25) is 0 Å². The summed E-state index contributed by atoms with van der Waals surface area (Å²) in [5, 5.41) is 6.34. The monoisotopic (exact) mass is 258 g/mol. The first-order valence-corrected chi connectivity index (χ1v) is 5.67. The van der Waals surface area contributed by atoms with E-state index in [4.69, 9.17) is 12.2 Å². The second-order valence-electron chi connectivity index (χ2n) is 3.75. The lowest BCUT2D eigenvalue weighted by Crippen LogP contribution is -2.30. The Hall–Kier alpha value is -1.43. The molecule has 3 nitrogen and oxygen atoms in total. The van der Waals surface area contributed by atoms with Crippen molar-refractivity contribution in [2.24, 2.45) is 0 Å². The van der Waals surface area contributed by atoms with Gasteiger partial charge in [-0.05, 0) is 37.2 Å². The van der Waals surface area contributed by atoms with E-state index in [1.165, 1.54) is 6.07 Å². The van der Waals surface area contributed by atoms with E-state index in [-0.39, 0.29) is 5.75 Å². The van der Waals surface area contributed by atoms with Crippen LogP contribution in [0.1, 0.15) is 12.8 Å². The van der Waals surface area contributed by atoms with Crippen LogP contribution in [0.2, 0.25) is 0 Å². The average Bonchev–Trinajstić information content (AvgIpc) is 3.04. The number of halogens is 2.